The second-order valence-corrected chi connectivity index (χ2v) is 6.27. The summed E-state index contributed by atoms with van der Waals surface area (Å²) in [6.07, 6.45) is -7.88. The fourth-order valence-electron chi connectivity index (χ4n) is 2.89. The van der Waals surface area contributed by atoms with Crippen molar-refractivity contribution in [2.45, 2.75) is 37.3 Å². The van der Waals surface area contributed by atoms with Crippen LogP contribution >= 0.6 is 0 Å². The minimum atomic E-state index is -1.78. The van der Waals surface area contributed by atoms with Gasteiger partial charge in [-0.3, -0.25) is 0 Å². The van der Waals surface area contributed by atoms with E-state index in [0.29, 0.717) is 0 Å². The molecule has 0 bridgehead atoms. The Morgan fingerprint density at radius 2 is 1.54 bits per heavy atom. The van der Waals surface area contributed by atoms with Gasteiger partial charge in [-0.2, -0.15) is 0 Å². The van der Waals surface area contributed by atoms with Crippen LogP contribution in [0.15, 0.2) is 60.7 Å². The number of aliphatic hydroxyl groups excluding tert-OH is 2. The van der Waals surface area contributed by atoms with Crippen LogP contribution in [-0.4, -0.2) is 58.0 Å². The first kappa shape index (κ1) is 20.0. The maximum absolute atomic E-state index is 12.4. The van der Waals surface area contributed by atoms with E-state index in [4.69, 9.17) is 14.2 Å². The van der Waals surface area contributed by atoms with Crippen molar-refractivity contribution in [2.75, 3.05) is 0 Å². The van der Waals surface area contributed by atoms with Crippen molar-refractivity contribution in [1.82, 2.24) is 0 Å². The Kier molecular flexibility index (Phi) is 6.37. The van der Waals surface area contributed by atoms with Gasteiger partial charge < -0.3 is 29.5 Å². The summed E-state index contributed by atoms with van der Waals surface area (Å²) in [4.78, 5) is 23.7. The van der Waals surface area contributed by atoms with Gasteiger partial charge in [-0.1, -0.05) is 48.5 Å². The lowest BCUT2D eigenvalue weighted by atomic mass is 9.98. The topological polar surface area (TPSA) is 123 Å². The first-order chi connectivity index (χ1) is 13.5. The van der Waals surface area contributed by atoms with Gasteiger partial charge in [0.2, 0.25) is 0 Å². The smallest absolute Gasteiger partial charge is 0.338 e. The number of benzene rings is 2. The molecular formula is C20H20O8. The number of ether oxygens (including phenoxy) is 3. The molecule has 1 heterocycles. The molecule has 0 radical (unpaired) electrons. The SMILES string of the molecule is O=C(O[C@@H]1[C@@H](OCc2ccccc2)[C@H](O)[C@H](C(=O)O)O[C@@H]1O)c1ccccc1. The minimum Gasteiger partial charge on any atom is -0.479 e. The molecule has 1 aliphatic rings. The molecule has 3 rings (SSSR count). The Bertz CT molecular complexity index is 794. The Balaban J connectivity index is 1.79. The average molecular weight is 388 g/mol. The highest BCUT2D eigenvalue weighted by Crippen LogP contribution is 2.27. The van der Waals surface area contributed by atoms with Crippen molar-refractivity contribution in [3.05, 3.63) is 71.8 Å². The van der Waals surface area contributed by atoms with Crippen molar-refractivity contribution >= 4 is 11.9 Å². The molecule has 148 valence electrons. The molecule has 3 N–H and O–H groups in total. The van der Waals surface area contributed by atoms with E-state index in [1.807, 2.05) is 6.07 Å². The van der Waals surface area contributed by atoms with E-state index in [2.05, 4.69) is 0 Å². The first-order valence-corrected chi connectivity index (χ1v) is 8.63. The van der Waals surface area contributed by atoms with Gasteiger partial charge in [0.1, 0.15) is 12.2 Å². The summed E-state index contributed by atoms with van der Waals surface area (Å²) in [5.41, 5.74) is 0.988. The molecule has 0 saturated carbocycles. The van der Waals surface area contributed by atoms with Gasteiger partial charge in [0.25, 0.3) is 0 Å². The van der Waals surface area contributed by atoms with Crippen molar-refractivity contribution in [2.24, 2.45) is 0 Å². The van der Waals surface area contributed by atoms with E-state index in [1.54, 1.807) is 42.5 Å². The molecule has 2 aromatic rings. The predicted octanol–water partition coefficient (Wildman–Crippen LogP) is 0.960. The lowest BCUT2D eigenvalue weighted by molar-refractivity contribution is -0.288. The number of rotatable bonds is 6. The van der Waals surface area contributed by atoms with E-state index >= 15 is 0 Å². The van der Waals surface area contributed by atoms with E-state index in [9.17, 15) is 24.9 Å². The molecule has 8 nitrogen and oxygen atoms in total. The zero-order chi connectivity index (χ0) is 20.1. The average Bonchev–Trinajstić information content (AvgIpc) is 2.71. The van der Waals surface area contributed by atoms with Gasteiger partial charge in [-0.25, -0.2) is 9.59 Å². The number of carbonyl (C=O) groups is 2. The molecule has 1 aliphatic heterocycles. The molecule has 0 aromatic heterocycles. The summed E-state index contributed by atoms with van der Waals surface area (Å²) in [5.74, 6) is -2.23. The van der Waals surface area contributed by atoms with Gasteiger partial charge in [-0.15, -0.1) is 0 Å². The second kappa shape index (κ2) is 8.94. The van der Waals surface area contributed by atoms with Gasteiger partial charge in [-0.05, 0) is 17.7 Å². The highest BCUT2D eigenvalue weighted by atomic mass is 16.7. The largest absolute Gasteiger partial charge is 0.479 e. The highest BCUT2D eigenvalue weighted by molar-refractivity contribution is 5.89. The van der Waals surface area contributed by atoms with Gasteiger partial charge in [0, 0.05) is 0 Å². The number of hydrogen-bond acceptors (Lipinski definition) is 7. The molecule has 0 spiro atoms. The van der Waals surface area contributed by atoms with E-state index in [-0.39, 0.29) is 12.2 Å². The van der Waals surface area contributed by atoms with E-state index < -0.39 is 42.6 Å². The van der Waals surface area contributed by atoms with Crippen LogP contribution in [0.3, 0.4) is 0 Å². The van der Waals surface area contributed by atoms with Crippen LogP contribution in [0.1, 0.15) is 15.9 Å². The third kappa shape index (κ3) is 4.55. The maximum atomic E-state index is 12.4. The van der Waals surface area contributed by atoms with Crippen LogP contribution in [-0.2, 0) is 25.6 Å². The fraction of sp³-hybridized carbons (Fsp3) is 0.300. The number of esters is 1. The predicted molar refractivity (Wildman–Crippen MR) is 95.2 cm³/mol. The Morgan fingerprint density at radius 3 is 2.14 bits per heavy atom. The molecule has 1 saturated heterocycles. The molecule has 5 atom stereocenters. The molecular weight excluding hydrogens is 368 g/mol. The lowest BCUT2D eigenvalue weighted by Crippen LogP contribution is -2.61. The van der Waals surface area contributed by atoms with Gasteiger partial charge >= 0.3 is 11.9 Å². The monoisotopic (exact) mass is 388 g/mol. The highest BCUT2D eigenvalue weighted by Gasteiger charge is 2.50. The van der Waals surface area contributed by atoms with Crippen LogP contribution in [0.5, 0.6) is 0 Å². The number of carboxylic acids is 1. The van der Waals surface area contributed by atoms with Gasteiger partial charge in [0.15, 0.2) is 18.5 Å². The minimum absolute atomic E-state index is 0.0149. The van der Waals surface area contributed by atoms with Crippen LogP contribution in [0.2, 0.25) is 0 Å². The number of aliphatic carboxylic acids is 1. The number of aliphatic hydroxyl groups is 2. The molecule has 2 aromatic carbocycles. The lowest BCUT2D eigenvalue weighted by Gasteiger charge is -2.40. The van der Waals surface area contributed by atoms with Crippen LogP contribution in [0.25, 0.3) is 0 Å². The van der Waals surface area contributed by atoms with Crippen molar-refractivity contribution in [1.29, 1.82) is 0 Å². The summed E-state index contributed by atoms with van der Waals surface area (Å²) in [6.45, 7) is 0.0149. The zero-order valence-electron chi connectivity index (χ0n) is 14.8. The standard InChI is InChI=1S/C20H20O8/c21-14-15(26-11-12-7-3-1-4-8-12)17(20(25)27-16(14)18(22)23)28-19(24)13-9-5-2-6-10-13/h1-10,14-17,20-21,25H,11H2,(H,22,23)/t14-,15-,16+,17+,20-/m0/s1. The Morgan fingerprint density at radius 1 is 0.929 bits per heavy atom. The summed E-state index contributed by atoms with van der Waals surface area (Å²) >= 11 is 0. The third-order valence-corrected chi connectivity index (χ3v) is 4.32. The van der Waals surface area contributed by atoms with Crippen molar-refractivity contribution in [3.63, 3.8) is 0 Å². The van der Waals surface area contributed by atoms with E-state index in [1.165, 1.54) is 12.1 Å². The van der Waals surface area contributed by atoms with Crippen LogP contribution in [0.4, 0.5) is 0 Å². The Hall–Kier alpha value is -2.78. The van der Waals surface area contributed by atoms with E-state index in [0.717, 1.165) is 5.56 Å². The van der Waals surface area contributed by atoms with Crippen LogP contribution < -0.4 is 0 Å². The molecule has 0 amide bonds. The van der Waals surface area contributed by atoms with Crippen LogP contribution in [0, 0.1) is 0 Å². The third-order valence-electron chi connectivity index (χ3n) is 4.32. The quantitative estimate of drug-likeness (QED) is 0.626. The molecule has 0 unspecified atom stereocenters. The van der Waals surface area contributed by atoms with Crippen molar-refractivity contribution in [3.8, 4) is 0 Å². The summed E-state index contributed by atoms with van der Waals surface area (Å²) < 4.78 is 15.9. The number of hydrogen-bond donors (Lipinski definition) is 3. The summed E-state index contributed by atoms with van der Waals surface area (Å²) in [6, 6.07) is 17.0. The summed E-state index contributed by atoms with van der Waals surface area (Å²) in [5, 5.41) is 29.8. The zero-order valence-corrected chi connectivity index (χ0v) is 14.8. The first-order valence-electron chi connectivity index (χ1n) is 8.63. The maximum Gasteiger partial charge on any atom is 0.338 e. The second-order valence-electron chi connectivity index (χ2n) is 6.27. The van der Waals surface area contributed by atoms with Gasteiger partial charge in [0.05, 0.1) is 12.2 Å². The molecule has 8 heteroatoms. The number of carboxylic acid groups (broad SMARTS) is 1. The summed E-state index contributed by atoms with van der Waals surface area (Å²) in [7, 11) is 0. The normalized spacial score (nSPS) is 27.1. The molecule has 0 aliphatic carbocycles. The fourth-order valence-corrected chi connectivity index (χ4v) is 2.89. The number of carbonyl (C=O) groups excluding carboxylic acids is 1. The molecule has 1 fully saturated rings. The molecule has 28 heavy (non-hydrogen) atoms. The Labute approximate surface area is 160 Å². The van der Waals surface area contributed by atoms with Crippen molar-refractivity contribution < 1.29 is 39.1 Å².